The third kappa shape index (κ3) is 4.32. The number of carbonyl (C=O) groups is 1. The number of hydrogen-bond acceptors (Lipinski definition) is 5. The molecule has 0 N–H and O–H groups in total. The van der Waals surface area contributed by atoms with Gasteiger partial charge in [0.1, 0.15) is 0 Å². The van der Waals surface area contributed by atoms with Gasteiger partial charge in [0.2, 0.25) is 5.91 Å². The Morgan fingerprint density at radius 2 is 1.97 bits per heavy atom. The normalized spacial score (nSPS) is 17.8. The molecule has 0 spiro atoms. The van der Waals surface area contributed by atoms with Crippen LogP contribution < -0.4 is 15.0 Å². The predicted octanol–water partition coefficient (Wildman–Crippen LogP) is 4.01. The van der Waals surface area contributed by atoms with Gasteiger partial charge >= 0.3 is 0 Å². The Hall–Kier alpha value is -3.35. The molecule has 1 saturated heterocycles. The number of carbonyl (C=O) groups excluding carboxylic acids is 1. The maximum atomic E-state index is 13.1. The highest BCUT2D eigenvalue weighted by Gasteiger charge is 2.30. The van der Waals surface area contributed by atoms with Crippen molar-refractivity contribution in [2.45, 2.75) is 51.6 Å². The lowest BCUT2D eigenvalue weighted by Crippen LogP contribution is -2.31. The third-order valence-electron chi connectivity index (χ3n) is 6.57. The number of rotatable bonds is 5. The molecule has 2 aliphatic rings. The number of amides is 1. The maximum Gasteiger partial charge on any atom is 0.261 e. The van der Waals surface area contributed by atoms with Crippen LogP contribution in [-0.2, 0) is 11.3 Å². The summed E-state index contributed by atoms with van der Waals surface area (Å²) in [5.41, 5.74) is 2.77. The summed E-state index contributed by atoms with van der Waals surface area (Å²) >= 11 is 0. The first-order valence-corrected chi connectivity index (χ1v) is 11.8. The van der Waals surface area contributed by atoms with E-state index < -0.39 is 0 Å². The van der Waals surface area contributed by atoms with Crippen molar-refractivity contribution in [3.63, 3.8) is 0 Å². The van der Waals surface area contributed by atoms with Crippen LogP contribution in [0.2, 0.25) is 0 Å². The molecule has 7 nitrogen and oxygen atoms in total. The van der Waals surface area contributed by atoms with Gasteiger partial charge in [-0.3, -0.25) is 14.2 Å². The summed E-state index contributed by atoms with van der Waals surface area (Å²) in [5, 5.41) is 0.623. The van der Waals surface area contributed by atoms with E-state index in [-0.39, 0.29) is 17.5 Å². The van der Waals surface area contributed by atoms with E-state index in [1.54, 1.807) is 10.9 Å². The van der Waals surface area contributed by atoms with Gasteiger partial charge in [-0.15, -0.1) is 0 Å². The second-order valence-corrected chi connectivity index (χ2v) is 8.82. The number of likely N-dealkylation sites (tertiary alicyclic amines) is 1. The predicted molar refractivity (Wildman–Crippen MR) is 126 cm³/mol. The average molecular weight is 448 g/mol. The molecular formula is C26H29N3O4. The zero-order valence-electron chi connectivity index (χ0n) is 19.0. The van der Waals surface area contributed by atoms with E-state index in [0.29, 0.717) is 38.0 Å². The summed E-state index contributed by atoms with van der Waals surface area (Å²) in [5.74, 6) is 1.67. The van der Waals surface area contributed by atoms with E-state index in [1.165, 1.54) is 0 Å². The Bertz CT molecular complexity index is 1240. The summed E-state index contributed by atoms with van der Waals surface area (Å²) in [7, 11) is 0. The smallest absolute Gasteiger partial charge is 0.261 e. The molecule has 0 aliphatic carbocycles. The number of hydrogen-bond donors (Lipinski definition) is 0. The van der Waals surface area contributed by atoms with Gasteiger partial charge in [0.15, 0.2) is 11.5 Å². The van der Waals surface area contributed by atoms with Gasteiger partial charge in [-0.25, -0.2) is 4.98 Å². The number of fused-ring (bicyclic) bond motifs is 2. The van der Waals surface area contributed by atoms with Gasteiger partial charge in [-0.05, 0) is 55.5 Å². The van der Waals surface area contributed by atoms with Crippen molar-refractivity contribution >= 4 is 16.8 Å². The van der Waals surface area contributed by atoms with E-state index in [0.717, 1.165) is 53.9 Å². The fraction of sp³-hybridized carbons (Fsp3) is 0.423. The molecule has 0 unspecified atom stereocenters. The monoisotopic (exact) mass is 447 g/mol. The standard InChI is InChI=1S/C26H29N3O4/c1-18-6-2-7-20-25(18)27-17-28(26(20)31)12-4-9-24(30)29-13-3-8-21(29)19-10-11-22-23(16-19)33-15-5-14-32-22/h2,6-7,10-11,16-17,21H,3-5,8-9,12-15H2,1H3/t21-/m0/s1. The molecule has 33 heavy (non-hydrogen) atoms. The number of aryl methyl sites for hydroxylation is 2. The van der Waals surface area contributed by atoms with Crippen LogP contribution in [0.3, 0.4) is 0 Å². The molecule has 172 valence electrons. The van der Waals surface area contributed by atoms with E-state index in [2.05, 4.69) is 4.98 Å². The van der Waals surface area contributed by atoms with E-state index in [9.17, 15) is 9.59 Å². The molecule has 2 aromatic carbocycles. The van der Waals surface area contributed by atoms with Crippen molar-refractivity contribution < 1.29 is 14.3 Å². The molecule has 1 fully saturated rings. The van der Waals surface area contributed by atoms with Gasteiger partial charge in [0, 0.05) is 25.9 Å². The van der Waals surface area contributed by atoms with Gasteiger partial charge < -0.3 is 14.4 Å². The molecule has 7 heteroatoms. The van der Waals surface area contributed by atoms with Crippen LogP contribution in [0.5, 0.6) is 11.5 Å². The summed E-state index contributed by atoms with van der Waals surface area (Å²) in [6.07, 6.45) is 5.39. The zero-order chi connectivity index (χ0) is 22.8. The number of para-hydroxylation sites is 1. The van der Waals surface area contributed by atoms with Crippen molar-refractivity contribution in [2.75, 3.05) is 19.8 Å². The summed E-state index contributed by atoms with van der Waals surface area (Å²) < 4.78 is 13.2. The maximum absolute atomic E-state index is 13.1. The molecule has 3 aromatic rings. The van der Waals surface area contributed by atoms with E-state index in [4.69, 9.17) is 9.47 Å². The Morgan fingerprint density at radius 3 is 2.85 bits per heavy atom. The van der Waals surface area contributed by atoms with E-state index in [1.807, 2.05) is 48.2 Å². The fourth-order valence-corrected chi connectivity index (χ4v) is 4.84. The molecule has 1 atom stereocenters. The fourth-order valence-electron chi connectivity index (χ4n) is 4.84. The van der Waals surface area contributed by atoms with Crippen LogP contribution in [0.1, 0.15) is 49.3 Å². The van der Waals surface area contributed by atoms with Gasteiger partial charge in [-0.2, -0.15) is 0 Å². The summed E-state index contributed by atoms with van der Waals surface area (Å²) in [6, 6.07) is 11.7. The topological polar surface area (TPSA) is 73.7 Å². The van der Waals surface area contributed by atoms with Crippen LogP contribution in [0, 0.1) is 6.92 Å². The molecule has 5 rings (SSSR count). The first kappa shape index (κ1) is 21.5. The molecule has 1 aromatic heterocycles. The minimum absolute atomic E-state index is 0.0533. The average Bonchev–Trinajstić information content (AvgIpc) is 3.20. The molecule has 0 saturated carbocycles. The summed E-state index contributed by atoms with van der Waals surface area (Å²) in [4.78, 5) is 32.3. The van der Waals surface area contributed by atoms with E-state index >= 15 is 0 Å². The number of ether oxygens (including phenoxy) is 2. The Kier molecular flexibility index (Phi) is 6.03. The van der Waals surface area contributed by atoms with Crippen LogP contribution >= 0.6 is 0 Å². The van der Waals surface area contributed by atoms with Crippen molar-refractivity contribution in [1.82, 2.24) is 14.5 Å². The number of nitrogens with zero attached hydrogens (tertiary/aromatic N) is 3. The largest absolute Gasteiger partial charge is 0.490 e. The summed E-state index contributed by atoms with van der Waals surface area (Å²) in [6.45, 7) is 4.49. The first-order valence-electron chi connectivity index (χ1n) is 11.8. The molecule has 2 aliphatic heterocycles. The third-order valence-corrected chi connectivity index (χ3v) is 6.57. The van der Waals surface area contributed by atoms with Crippen LogP contribution in [0.4, 0.5) is 0 Å². The van der Waals surface area contributed by atoms with Gasteiger partial charge in [0.25, 0.3) is 5.56 Å². The molecule has 0 bridgehead atoms. The Balaban J connectivity index is 1.25. The molecule has 3 heterocycles. The zero-order valence-corrected chi connectivity index (χ0v) is 19.0. The van der Waals surface area contributed by atoms with Crippen LogP contribution in [0.25, 0.3) is 10.9 Å². The molecule has 0 radical (unpaired) electrons. The molecule has 1 amide bonds. The van der Waals surface area contributed by atoms with Crippen molar-refractivity contribution in [3.8, 4) is 11.5 Å². The molecular weight excluding hydrogens is 418 g/mol. The lowest BCUT2D eigenvalue weighted by atomic mass is 10.0. The minimum atomic E-state index is -0.0533. The van der Waals surface area contributed by atoms with Crippen molar-refractivity contribution in [2.24, 2.45) is 0 Å². The number of benzene rings is 2. The Labute approximate surface area is 192 Å². The highest BCUT2D eigenvalue weighted by atomic mass is 16.5. The highest BCUT2D eigenvalue weighted by Crippen LogP contribution is 2.38. The first-order chi connectivity index (χ1) is 16.1. The quantitative estimate of drug-likeness (QED) is 0.591. The SMILES string of the molecule is Cc1cccc2c(=O)n(CCCC(=O)N3CCC[C@H]3c3ccc4c(c3)OCCCO4)cnc12. The van der Waals surface area contributed by atoms with Crippen LogP contribution in [-0.4, -0.2) is 40.1 Å². The van der Waals surface area contributed by atoms with Gasteiger partial charge in [-0.1, -0.05) is 18.2 Å². The Morgan fingerprint density at radius 1 is 1.12 bits per heavy atom. The van der Waals surface area contributed by atoms with Crippen molar-refractivity contribution in [1.29, 1.82) is 0 Å². The second kappa shape index (κ2) is 9.25. The van der Waals surface area contributed by atoms with Crippen LogP contribution in [0.15, 0.2) is 47.5 Å². The minimum Gasteiger partial charge on any atom is -0.490 e. The van der Waals surface area contributed by atoms with Crippen molar-refractivity contribution in [3.05, 3.63) is 64.2 Å². The van der Waals surface area contributed by atoms with Gasteiger partial charge in [0.05, 0.1) is 36.5 Å². The highest BCUT2D eigenvalue weighted by molar-refractivity contribution is 5.80. The lowest BCUT2D eigenvalue weighted by molar-refractivity contribution is -0.132. The second-order valence-electron chi connectivity index (χ2n) is 8.82. The number of aromatic nitrogens is 2. The lowest BCUT2D eigenvalue weighted by Gasteiger charge is -2.26.